The van der Waals surface area contributed by atoms with Gasteiger partial charge in [0.25, 0.3) is 0 Å². The van der Waals surface area contributed by atoms with Crippen molar-refractivity contribution in [2.24, 2.45) is 0 Å². The molecule has 1 heterocycles. The van der Waals surface area contributed by atoms with E-state index in [0.717, 1.165) is 17.8 Å². The summed E-state index contributed by atoms with van der Waals surface area (Å²) in [6.07, 6.45) is 1.10. The van der Waals surface area contributed by atoms with Crippen LogP contribution in [0.1, 0.15) is 31.3 Å². The van der Waals surface area contributed by atoms with Crippen molar-refractivity contribution in [2.45, 2.75) is 25.4 Å². The molecule has 1 aromatic carbocycles. The Morgan fingerprint density at radius 2 is 2.59 bits per heavy atom. The van der Waals surface area contributed by atoms with Gasteiger partial charge in [0.2, 0.25) is 0 Å². The molecule has 0 saturated carbocycles. The number of esters is 1. The van der Waals surface area contributed by atoms with Gasteiger partial charge >= 0.3 is 5.97 Å². The Hall–Kier alpha value is -1.55. The summed E-state index contributed by atoms with van der Waals surface area (Å²) in [6.45, 7) is 0.640. The lowest BCUT2D eigenvalue weighted by molar-refractivity contribution is -0.140. The summed E-state index contributed by atoms with van der Waals surface area (Å²) in [5.41, 5.74) is 2.64. The van der Waals surface area contributed by atoms with E-state index in [1.807, 2.05) is 6.07 Å². The molecule has 0 saturated heterocycles. The van der Waals surface area contributed by atoms with Gasteiger partial charge in [-0.25, -0.2) is 0 Å². The molecule has 0 fully saturated rings. The molecule has 17 heavy (non-hydrogen) atoms. The summed E-state index contributed by atoms with van der Waals surface area (Å²) in [7, 11) is 1.39. The van der Waals surface area contributed by atoms with Gasteiger partial charge in [0.15, 0.2) is 0 Å². The van der Waals surface area contributed by atoms with Gasteiger partial charge in [0.1, 0.15) is 0 Å². The van der Waals surface area contributed by atoms with Gasteiger partial charge in [-0.3, -0.25) is 4.79 Å². The van der Waals surface area contributed by atoms with Crippen molar-refractivity contribution >= 4 is 11.7 Å². The number of fused-ring (bicyclic) bond motifs is 1. The van der Waals surface area contributed by atoms with Crippen LogP contribution in [0.5, 0.6) is 0 Å². The predicted octanol–water partition coefficient (Wildman–Crippen LogP) is 1.64. The molecule has 1 unspecified atom stereocenters. The van der Waals surface area contributed by atoms with Gasteiger partial charge in [-0.1, -0.05) is 12.1 Å². The zero-order valence-electron chi connectivity index (χ0n) is 10.8. The maximum atomic E-state index is 11.1. The van der Waals surface area contributed by atoms with E-state index >= 15 is 0 Å². The predicted molar refractivity (Wildman–Crippen MR) is 64.8 cm³/mol. The Labute approximate surface area is 102 Å². The second-order valence-corrected chi connectivity index (χ2v) is 4.18. The molecule has 0 radical (unpaired) electrons. The zero-order chi connectivity index (χ0) is 13.1. The number of anilines is 1. The van der Waals surface area contributed by atoms with Crippen LogP contribution in [-0.4, -0.2) is 24.7 Å². The fourth-order valence-corrected chi connectivity index (χ4v) is 2.12. The van der Waals surface area contributed by atoms with E-state index in [4.69, 9.17) is 6.48 Å². The van der Waals surface area contributed by atoms with Gasteiger partial charge in [-0.2, -0.15) is 0 Å². The van der Waals surface area contributed by atoms with Gasteiger partial charge in [0.05, 0.1) is 15.1 Å². The Morgan fingerprint density at radius 3 is 3.29 bits per heavy atom. The van der Waals surface area contributed by atoms with Crippen LogP contribution in [0.15, 0.2) is 18.2 Å². The van der Waals surface area contributed by atoms with Crippen molar-refractivity contribution in [2.75, 3.05) is 19.0 Å². The molecule has 1 aliphatic rings. The number of benzene rings is 1. The van der Waals surface area contributed by atoms with Gasteiger partial charge < -0.3 is 15.2 Å². The van der Waals surface area contributed by atoms with Gasteiger partial charge in [-0.15, -0.1) is 0 Å². The summed E-state index contributed by atoms with van der Waals surface area (Å²) < 4.78 is 12.4. The molecule has 2 N–H and O–H groups in total. The van der Waals surface area contributed by atoms with Crippen molar-refractivity contribution in [1.29, 1.82) is 0 Å². The monoisotopic (exact) mass is 236 g/mol. The van der Waals surface area contributed by atoms with Gasteiger partial charge in [-0.05, 0) is 23.6 Å². The van der Waals surface area contributed by atoms with Gasteiger partial charge in [0, 0.05) is 24.6 Å². The largest absolute Gasteiger partial charge is 0.469 e. The Kier molecular flexibility index (Phi) is 3.23. The van der Waals surface area contributed by atoms with Crippen LogP contribution in [0.3, 0.4) is 0 Å². The zero-order valence-corrected chi connectivity index (χ0v) is 9.82. The summed E-state index contributed by atoms with van der Waals surface area (Å²) in [5.74, 6) is 0.0254. The first-order chi connectivity index (χ1) is 8.65. The minimum atomic E-state index is -0.207. The first-order valence-electron chi connectivity index (χ1n) is 6.20. The lowest BCUT2D eigenvalue weighted by atomic mass is 9.95. The molecule has 0 spiro atoms. The van der Waals surface area contributed by atoms with Crippen LogP contribution in [0.4, 0.5) is 5.69 Å². The third-order valence-corrected chi connectivity index (χ3v) is 3.12. The van der Waals surface area contributed by atoms with Crippen LogP contribution >= 0.6 is 0 Å². The second kappa shape index (κ2) is 5.19. The molecule has 4 heteroatoms. The normalized spacial score (nSPS) is 18.2. The topological polar surface area (TPSA) is 58.6 Å². The van der Waals surface area contributed by atoms with E-state index in [1.54, 1.807) is 6.07 Å². The number of hydrogen-bond donors (Lipinski definition) is 2. The average molecular weight is 236 g/mol. The van der Waals surface area contributed by atoms with Crippen molar-refractivity contribution in [3.63, 3.8) is 0 Å². The lowest BCUT2D eigenvalue weighted by Crippen LogP contribution is -2.06. The van der Waals surface area contributed by atoms with E-state index in [-0.39, 0.29) is 18.5 Å². The third-order valence-electron chi connectivity index (χ3n) is 3.12. The number of hydrogen-bond acceptors (Lipinski definition) is 4. The highest BCUT2D eigenvalue weighted by molar-refractivity contribution is 5.69. The number of carbonyl (C=O) groups is 1. The summed E-state index contributed by atoms with van der Waals surface area (Å²) in [5, 5.41) is 12.4. The van der Waals surface area contributed by atoms with E-state index in [9.17, 15) is 4.79 Å². The minimum Gasteiger partial charge on any atom is -0.469 e. The standard InChI is InChI=1S/C13H17NO3/c1-17-13(16)5-3-10-7-14-12-6-9(8-15)2-4-11(10)12/h2,4,6,10,14-15H,3,5,7-8H2,1H3/i2D. The Morgan fingerprint density at radius 1 is 1.76 bits per heavy atom. The van der Waals surface area contributed by atoms with E-state index in [1.165, 1.54) is 7.11 Å². The highest BCUT2D eigenvalue weighted by Gasteiger charge is 2.22. The Balaban J connectivity index is 2.13. The molecule has 1 aliphatic heterocycles. The first-order valence-corrected chi connectivity index (χ1v) is 5.70. The number of aliphatic hydroxyl groups excluding tert-OH is 1. The van der Waals surface area contributed by atoms with Crippen LogP contribution < -0.4 is 5.32 Å². The maximum Gasteiger partial charge on any atom is 0.305 e. The molecular formula is C13H17NO3. The highest BCUT2D eigenvalue weighted by Crippen LogP contribution is 2.34. The van der Waals surface area contributed by atoms with Crippen LogP contribution in [-0.2, 0) is 16.1 Å². The van der Waals surface area contributed by atoms with Crippen molar-refractivity contribution in [3.8, 4) is 0 Å². The second-order valence-electron chi connectivity index (χ2n) is 4.18. The molecule has 0 aliphatic carbocycles. The number of nitrogens with one attached hydrogen (secondary N) is 1. The number of methoxy groups -OCH3 is 1. The SMILES string of the molecule is [2H]c1cc2c(cc1CO)NCC2CCC(=O)OC. The molecule has 92 valence electrons. The fourth-order valence-electron chi connectivity index (χ4n) is 2.12. The molecule has 0 bridgehead atoms. The van der Waals surface area contributed by atoms with Crippen LogP contribution in [0.2, 0.25) is 0 Å². The highest BCUT2D eigenvalue weighted by atomic mass is 16.5. The smallest absolute Gasteiger partial charge is 0.305 e. The molecule has 1 atom stereocenters. The molecule has 1 aromatic rings. The molecule has 0 amide bonds. The van der Waals surface area contributed by atoms with E-state index < -0.39 is 0 Å². The summed E-state index contributed by atoms with van der Waals surface area (Å²) in [6, 6.07) is 3.95. The van der Waals surface area contributed by atoms with E-state index in [2.05, 4.69) is 10.1 Å². The van der Waals surface area contributed by atoms with E-state index in [0.29, 0.717) is 24.4 Å². The van der Waals surface area contributed by atoms with Crippen molar-refractivity contribution in [3.05, 3.63) is 29.3 Å². The summed E-state index contributed by atoms with van der Waals surface area (Å²) >= 11 is 0. The first kappa shape index (κ1) is 10.6. The minimum absolute atomic E-state index is 0.124. The molecular weight excluding hydrogens is 218 g/mol. The van der Waals surface area contributed by atoms with Crippen LogP contribution in [0, 0.1) is 0 Å². The summed E-state index contributed by atoms with van der Waals surface area (Å²) in [4.78, 5) is 11.1. The fraction of sp³-hybridized carbons (Fsp3) is 0.462. The van der Waals surface area contributed by atoms with Crippen molar-refractivity contribution < 1.29 is 16.0 Å². The average Bonchev–Trinajstić information content (AvgIpc) is 2.77. The number of ether oxygens (including phenoxy) is 1. The molecule has 0 aromatic heterocycles. The number of aliphatic hydroxyl groups is 1. The molecule has 4 nitrogen and oxygen atoms in total. The van der Waals surface area contributed by atoms with Crippen LogP contribution in [0.25, 0.3) is 0 Å². The quantitative estimate of drug-likeness (QED) is 0.780. The maximum absolute atomic E-state index is 11.1. The Bertz CT molecular complexity index is 462. The number of rotatable bonds is 4. The molecule has 2 rings (SSSR count). The van der Waals surface area contributed by atoms with Crippen molar-refractivity contribution in [1.82, 2.24) is 0 Å². The third kappa shape index (κ3) is 2.58. The number of carbonyl (C=O) groups excluding carboxylic acids is 1. The lowest BCUT2D eigenvalue weighted by Gasteiger charge is -2.09.